The lowest BCUT2D eigenvalue weighted by Gasteiger charge is -2.11. The molecular weight excluding hydrogens is 322 g/mol. The van der Waals surface area contributed by atoms with Crippen LogP contribution in [-0.4, -0.2) is 10.8 Å². The van der Waals surface area contributed by atoms with Gasteiger partial charge in [0.15, 0.2) is 5.78 Å². The van der Waals surface area contributed by atoms with Gasteiger partial charge in [-0.05, 0) is 36.5 Å². The highest BCUT2D eigenvalue weighted by molar-refractivity contribution is 6.13. The number of fused-ring (bicyclic) bond motifs is 1. The van der Waals surface area contributed by atoms with Crippen molar-refractivity contribution in [2.24, 2.45) is 5.92 Å². The molecule has 3 heteroatoms. The molecule has 130 valence electrons. The molecule has 26 heavy (non-hydrogen) atoms. The molecule has 0 atom stereocenters. The van der Waals surface area contributed by atoms with E-state index in [0.29, 0.717) is 11.5 Å². The highest BCUT2D eigenvalue weighted by Gasteiger charge is 2.19. The van der Waals surface area contributed by atoms with Crippen molar-refractivity contribution in [3.63, 3.8) is 0 Å². The third kappa shape index (κ3) is 3.13. The van der Waals surface area contributed by atoms with Crippen molar-refractivity contribution in [1.82, 2.24) is 4.98 Å². The number of hydrogen-bond donors (Lipinski definition) is 1. The van der Waals surface area contributed by atoms with Crippen molar-refractivity contribution >= 4 is 16.7 Å². The predicted octanol–water partition coefficient (Wildman–Crippen LogP) is 5.12. The molecule has 0 aliphatic heterocycles. The summed E-state index contributed by atoms with van der Waals surface area (Å²) in [7, 11) is 0. The molecule has 0 unspecified atom stereocenters. The Morgan fingerprint density at radius 3 is 2.42 bits per heavy atom. The maximum absolute atomic E-state index is 13.0. The minimum atomic E-state index is -0.330. The van der Waals surface area contributed by atoms with Gasteiger partial charge in [0.25, 0.3) is 5.56 Å². The van der Waals surface area contributed by atoms with E-state index in [1.165, 1.54) is 12.8 Å². The van der Waals surface area contributed by atoms with Crippen LogP contribution in [0.15, 0.2) is 71.5 Å². The number of aromatic amines is 1. The lowest BCUT2D eigenvalue weighted by molar-refractivity contribution is 0.104. The monoisotopic (exact) mass is 343 g/mol. The van der Waals surface area contributed by atoms with Crippen LogP contribution in [0.4, 0.5) is 0 Å². The van der Waals surface area contributed by atoms with Crippen LogP contribution in [0.5, 0.6) is 0 Å². The van der Waals surface area contributed by atoms with Gasteiger partial charge in [0.1, 0.15) is 0 Å². The van der Waals surface area contributed by atoms with Gasteiger partial charge in [-0.15, -0.1) is 0 Å². The average molecular weight is 343 g/mol. The van der Waals surface area contributed by atoms with Gasteiger partial charge in [-0.3, -0.25) is 9.59 Å². The Hall–Kier alpha value is -2.94. The van der Waals surface area contributed by atoms with Crippen molar-refractivity contribution in [3.8, 4) is 11.1 Å². The molecule has 0 spiro atoms. The molecule has 3 nitrogen and oxygen atoms in total. The highest BCUT2D eigenvalue weighted by atomic mass is 16.1. The predicted molar refractivity (Wildman–Crippen MR) is 105 cm³/mol. The number of para-hydroxylation sites is 1. The summed E-state index contributed by atoms with van der Waals surface area (Å²) in [5.41, 5.74) is 2.24. The zero-order valence-corrected chi connectivity index (χ0v) is 14.6. The van der Waals surface area contributed by atoms with Crippen molar-refractivity contribution in [2.45, 2.75) is 25.7 Å². The van der Waals surface area contributed by atoms with Crippen LogP contribution >= 0.6 is 0 Å². The molecule has 1 fully saturated rings. The van der Waals surface area contributed by atoms with Crippen LogP contribution in [0, 0.1) is 5.92 Å². The first-order valence-electron chi connectivity index (χ1n) is 9.17. The number of pyridine rings is 1. The molecule has 4 rings (SSSR count). The molecule has 0 saturated heterocycles. The maximum atomic E-state index is 13.0. The number of hydrogen-bond acceptors (Lipinski definition) is 2. The SMILES string of the molecule is O=C(/C=C/C1CCCC1)c1c(-c2ccccc2)c2ccccc2[nH]c1=O. The average Bonchev–Trinajstić information content (AvgIpc) is 3.19. The van der Waals surface area contributed by atoms with E-state index >= 15 is 0 Å². The summed E-state index contributed by atoms with van der Waals surface area (Å²) in [5.74, 6) is 0.237. The summed E-state index contributed by atoms with van der Waals surface area (Å²) in [6, 6.07) is 17.3. The van der Waals surface area contributed by atoms with E-state index in [-0.39, 0.29) is 16.9 Å². The van der Waals surface area contributed by atoms with Crippen LogP contribution in [-0.2, 0) is 0 Å². The van der Waals surface area contributed by atoms with Gasteiger partial charge in [0, 0.05) is 16.5 Å². The standard InChI is InChI=1S/C23H21NO2/c25-20(15-14-16-8-4-5-9-16)22-21(17-10-2-1-3-11-17)18-12-6-7-13-19(18)24-23(22)26/h1-3,6-7,10-16H,4-5,8-9H2,(H,24,26)/b15-14+. The van der Waals surface area contributed by atoms with Gasteiger partial charge >= 0.3 is 0 Å². The van der Waals surface area contributed by atoms with Gasteiger partial charge in [0.05, 0.1) is 5.56 Å². The van der Waals surface area contributed by atoms with E-state index in [1.54, 1.807) is 6.08 Å². The summed E-state index contributed by atoms with van der Waals surface area (Å²) in [6.07, 6.45) is 8.28. The number of carbonyl (C=O) groups is 1. The first kappa shape index (κ1) is 16.5. The van der Waals surface area contributed by atoms with Crippen LogP contribution in [0.1, 0.15) is 36.0 Å². The Bertz CT molecular complexity index is 1030. The van der Waals surface area contributed by atoms with E-state index in [2.05, 4.69) is 4.98 Å². The fourth-order valence-corrected chi connectivity index (χ4v) is 3.84. The zero-order chi connectivity index (χ0) is 17.9. The first-order valence-corrected chi connectivity index (χ1v) is 9.17. The number of benzene rings is 2. The summed E-state index contributed by atoms with van der Waals surface area (Å²) < 4.78 is 0. The Labute approximate surface area is 152 Å². The molecule has 1 aromatic heterocycles. The quantitative estimate of drug-likeness (QED) is 0.528. The Balaban J connectivity index is 1.89. The number of rotatable bonds is 4. The summed E-state index contributed by atoms with van der Waals surface area (Å²) in [5, 5.41) is 0.885. The topological polar surface area (TPSA) is 49.9 Å². The number of nitrogens with one attached hydrogen (secondary N) is 1. The minimum absolute atomic E-state index is 0.220. The Morgan fingerprint density at radius 2 is 1.65 bits per heavy atom. The zero-order valence-electron chi connectivity index (χ0n) is 14.6. The molecule has 1 aliphatic carbocycles. The molecular formula is C23H21NO2. The van der Waals surface area contributed by atoms with Gasteiger partial charge in [-0.2, -0.15) is 0 Å². The van der Waals surface area contributed by atoms with E-state index in [9.17, 15) is 9.59 Å². The molecule has 1 N–H and O–H groups in total. The number of H-pyrrole nitrogens is 1. The number of carbonyl (C=O) groups excluding carboxylic acids is 1. The Kier molecular flexibility index (Phi) is 4.53. The normalized spacial score (nSPS) is 15.1. The molecule has 1 heterocycles. The summed E-state index contributed by atoms with van der Waals surface area (Å²) in [4.78, 5) is 28.6. The maximum Gasteiger partial charge on any atom is 0.260 e. The molecule has 2 aromatic carbocycles. The highest BCUT2D eigenvalue weighted by Crippen LogP contribution is 2.30. The second-order valence-electron chi connectivity index (χ2n) is 6.88. The van der Waals surface area contributed by atoms with E-state index in [4.69, 9.17) is 0 Å². The van der Waals surface area contributed by atoms with E-state index in [0.717, 1.165) is 29.3 Å². The molecule has 1 aliphatic rings. The van der Waals surface area contributed by atoms with E-state index < -0.39 is 0 Å². The van der Waals surface area contributed by atoms with Crippen molar-refractivity contribution in [3.05, 3.63) is 82.7 Å². The molecule has 0 bridgehead atoms. The molecule has 3 aromatic rings. The third-order valence-corrected chi connectivity index (χ3v) is 5.15. The number of aromatic nitrogens is 1. The smallest absolute Gasteiger partial charge is 0.260 e. The fourth-order valence-electron chi connectivity index (χ4n) is 3.84. The minimum Gasteiger partial charge on any atom is -0.321 e. The molecule has 1 saturated carbocycles. The van der Waals surface area contributed by atoms with Gasteiger partial charge < -0.3 is 4.98 Å². The second kappa shape index (κ2) is 7.12. The van der Waals surface area contributed by atoms with Crippen LogP contribution in [0.25, 0.3) is 22.0 Å². The molecule has 0 amide bonds. The van der Waals surface area contributed by atoms with Crippen molar-refractivity contribution < 1.29 is 4.79 Å². The second-order valence-corrected chi connectivity index (χ2v) is 6.88. The van der Waals surface area contributed by atoms with Gasteiger partial charge in [0.2, 0.25) is 0 Å². The molecule has 0 radical (unpaired) electrons. The van der Waals surface area contributed by atoms with Crippen LogP contribution in [0.3, 0.4) is 0 Å². The number of ketones is 1. The van der Waals surface area contributed by atoms with E-state index in [1.807, 2.05) is 60.7 Å². The number of allylic oxidation sites excluding steroid dienone is 2. The lowest BCUT2D eigenvalue weighted by Crippen LogP contribution is -2.18. The lowest BCUT2D eigenvalue weighted by atomic mass is 9.93. The fraction of sp³-hybridized carbons (Fsp3) is 0.217. The largest absolute Gasteiger partial charge is 0.321 e. The third-order valence-electron chi connectivity index (χ3n) is 5.15. The van der Waals surface area contributed by atoms with Crippen molar-refractivity contribution in [2.75, 3.05) is 0 Å². The van der Waals surface area contributed by atoms with Crippen LogP contribution in [0.2, 0.25) is 0 Å². The van der Waals surface area contributed by atoms with Crippen LogP contribution < -0.4 is 5.56 Å². The summed E-state index contributed by atoms with van der Waals surface area (Å²) in [6.45, 7) is 0. The van der Waals surface area contributed by atoms with Crippen molar-refractivity contribution in [1.29, 1.82) is 0 Å². The van der Waals surface area contributed by atoms with Gasteiger partial charge in [-0.1, -0.05) is 67.4 Å². The first-order chi connectivity index (χ1) is 12.7. The Morgan fingerprint density at radius 1 is 0.962 bits per heavy atom. The van der Waals surface area contributed by atoms with Gasteiger partial charge in [-0.25, -0.2) is 0 Å². The summed E-state index contributed by atoms with van der Waals surface area (Å²) >= 11 is 0.